The van der Waals surface area contributed by atoms with Crippen LogP contribution in [-0.2, 0) is 9.59 Å². The fourth-order valence-corrected chi connectivity index (χ4v) is 3.35. The molecule has 0 saturated heterocycles. The molecule has 0 radical (unpaired) electrons. The van der Waals surface area contributed by atoms with E-state index in [2.05, 4.69) is 10.3 Å². The lowest BCUT2D eigenvalue weighted by Gasteiger charge is -2.23. The minimum absolute atomic E-state index is 0.0450. The van der Waals surface area contributed by atoms with Crippen molar-refractivity contribution in [2.75, 3.05) is 18.1 Å². The van der Waals surface area contributed by atoms with E-state index in [1.165, 1.54) is 4.90 Å². The highest BCUT2D eigenvalue weighted by Gasteiger charge is 2.25. The molecule has 7 heteroatoms. The molecule has 1 aliphatic heterocycles. The van der Waals surface area contributed by atoms with Gasteiger partial charge in [-0.15, -0.1) is 0 Å². The van der Waals surface area contributed by atoms with Gasteiger partial charge in [-0.25, -0.2) is 4.98 Å². The summed E-state index contributed by atoms with van der Waals surface area (Å²) in [4.78, 5) is 30.7. The van der Waals surface area contributed by atoms with Crippen LogP contribution in [0.5, 0.6) is 5.75 Å². The smallest absolute Gasteiger partial charge is 0.240 e. The van der Waals surface area contributed by atoms with Gasteiger partial charge in [0, 0.05) is 18.1 Å². The standard InChI is InChI=1S/C22H22N4O3/c1-16(17-6-8-18(9-7-17)25-12-11-23-15-25)24-21(27)14-26-19-4-2-3-5-20(19)29-13-10-22(26)28/h2-9,11-12,15-16H,10,13-14H2,1H3,(H,24,27). The van der Waals surface area contributed by atoms with Gasteiger partial charge >= 0.3 is 0 Å². The number of carbonyl (C=O) groups excluding carboxylic acids is 2. The number of benzene rings is 2. The first kappa shape index (κ1) is 18.7. The van der Waals surface area contributed by atoms with E-state index in [-0.39, 0.29) is 30.8 Å². The van der Waals surface area contributed by atoms with E-state index in [1.807, 2.05) is 60.2 Å². The van der Waals surface area contributed by atoms with Crippen LogP contribution in [-0.4, -0.2) is 34.5 Å². The highest BCUT2D eigenvalue weighted by molar-refractivity contribution is 6.00. The fraction of sp³-hybridized carbons (Fsp3) is 0.227. The van der Waals surface area contributed by atoms with Crippen LogP contribution >= 0.6 is 0 Å². The first-order valence-electron chi connectivity index (χ1n) is 9.51. The van der Waals surface area contributed by atoms with Crippen molar-refractivity contribution in [1.29, 1.82) is 0 Å². The third-order valence-electron chi connectivity index (χ3n) is 4.91. The summed E-state index contributed by atoms with van der Waals surface area (Å²) < 4.78 is 7.54. The summed E-state index contributed by atoms with van der Waals surface area (Å²) in [6.45, 7) is 2.19. The Kier molecular flexibility index (Phi) is 5.29. The minimum Gasteiger partial charge on any atom is -0.491 e. The maximum Gasteiger partial charge on any atom is 0.240 e. The summed E-state index contributed by atoms with van der Waals surface area (Å²) >= 11 is 0. The maximum absolute atomic E-state index is 12.7. The van der Waals surface area contributed by atoms with Crippen molar-refractivity contribution in [1.82, 2.24) is 14.9 Å². The number of nitrogens with one attached hydrogen (secondary N) is 1. The van der Waals surface area contributed by atoms with Crippen molar-refractivity contribution in [3.63, 3.8) is 0 Å². The molecule has 29 heavy (non-hydrogen) atoms. The number of para-hydroxylation sites is 2. The van der Waals surface area contributed by atoms with Gasteiger partial charge in [0.1, 0.15) is 12.3 Å². The second-order valence-corrected chi connectivity index (χ2v) is 6.90. The first-order chi connectivity index (χ1) is 14.1. The summed E-state index contributed by atoms with van der Waals surface area (Å²) in [5, 5.41) is 2.98. The van der Waals surface area contributed by atoms with E-state index in [0.717, 1.165) is 11.3 Å². The Morgan fingerprint density at radius 1 is 1.21 bits per heavy atom. The second-order valence-electron chi connectivity index (χ2n) is 6.90. The van der Waals surface area contributed by atoms with Gasteiger partial charge in [-0.2, -0.15) is 0 Å². The predicted molar refractivity (Wildman–Crippen MR) is 109 cm³/mol. The molecule has 0 bridgehead atoms. The molecule has 2 amide bonds. The number of imidazole rings is 1. The van der Waals surface area contributed by atoms with Crippen LogP contribution in [0.2, 0.25) is 0 Å². The quantitative estimate of drug-likeness (QED) is 0.727. The maximum atomic E-state index is 12.7. The van der Waals surface area contributed by atoms with E-state index < -0.39 is 0 Å². The normalized spacial score (nSPS) is 14.5. The number of hydrogen-bond acceptors (Lipinski definition) is 4. The van der Waals surface area contributed by atoms with Crippen molar-refractivity contribution >= 4 is 17.5 Å². The number of anilines is 1. The molecular formula is C22H22N4O3. The molecule has 4 rings (SSSR count). The van der Waals surface area contributed by atoms with Crippen molar-refractivity contribution in [3.05, 3.63) is 72.8 Å². The Morgan fingerprint density at radius 3 is 2.76 bits per heavy atom. The van der Waals surface area contributed by atoms with Crippen LogP contribution < -0.4 is 15.0 Å². The Balaban J connectivity index is 1.43. The van der Waals surface area contributed by atoms with E-state index in [1.54, 1.807) is 18.6 Å². The molecule has 2 heterocycles. The van der Waals surface area contributed by atoms with Crippen molar-refractivity contribution < 1.29 is 14.3 Å². The Labute approximate surface area is 168 Å². The number of nitrogens with zero attached hydrogens (tertiary/aromatic N) is 3. The van der Waals surface area contributed by atoms with Gasteiger partial charge in [0.05, 0.1) is 31.1 Å². The third kappa shape index (κ3) is 4.13. The van der Waals surface area contributed by atoms with Gasteiger partial charge in [0.2, 0.25) is 11.8 Å². The molecule has 1 atom stereocenters. The molecule has 2 aromatic carbocycles. The molecule has 1 unspecified atom stereocenters. The van der Waals surface area contributed by atoms with Gasteiger partial charge in [0.25, 0.3) is 0 Å². The number of hydrogen-bond donors (Lipinski definition) is 1. The fourth-order valence-electron chi connectivity index (χ4n) is 3.35. The van der Waals surface area contributed by atoms with Crippen LogP contribution in [0, 0.1) is 0 Å². The average Bonchev–Trinajstić information content (AvgIpc) is 3.22. The lowest BCUT2D eigenvalue weighted by molar-refractivity contribution is -0.124. The summed E-state index contributed by atoms with van der Waals surface area (Å²) in [6.07, 6.45) is 5.58. The first-order valence-corrected chi connectivity index (χ1v) is 9.51. The Bertz CT molecular complexity index is 999. The van der Waals surface area contributed by atoms with Gasteiger partial charge < -0.3 is 14.6 Å². The second kappa shape index (κ2) is 8.18. The largest absolute Gasteiger partial charge is 0.491 e. The van der Waals surface area contributed by atoms with Crippen LogP contribution in [0.15, 0.2) is 67.3 Å². The zero-order chi connectivity index (χ0) is 20.2. The van der Waals surface area contributed by atoms with Gasteiger partial charge in [-0.05, 0) is 36.8 Å². The van der Waals surface area contributed by atoms with E-state index >= 15 is 0 Å². The molecule has 1 aliphatic rings. The number of amides is 2. The number of ether oxygens (including phenoxy) is 1. The van der Waals surface area contributed by atoms with Crippen LogP contribution in [0.25, 0.3) is 5.69 Å². The van der Waals surface area contributed by atoms with Crippen molar-refractivity contribution in [2.45, 2.75) is 19.4 Å². The summed E-state index contributed by atoms with van der Waals surface area (Å²) in [5.74, 6) is 0.276. The zero-order valence-corrected chi connectivity index (χ0v) is 16.1. The topological polar surface area (TPSA) is 76.5 Å². The molecule has 0 fully saturated rings. The zero-order valence-electron chi connectivity index (χ0n) is 16.1. The third-order valence-corrected chi connectivity index (χ3v) is 4.91. The molecule has 0 spiro atoms. The highest BCUT2D eigenvalue weighted by atomic mass is 16.5. The molecular weight excluding hydrogens is 368 g/mol. The molecule has 7 nitrogen and oxygen atoms in total. The number of carbonyl (C=O) groups is 2. The van der Waals surface area contributed by atoms with Gasteiger partial charge in [-0.1, -0.05) is 24.3 Å². The summed E-state index contributed by atoms with van der Waals surface area (Å²) in [5.41, 5.74) is 2.60. The average molecular weight is 390 g/mol. The number of fused-ring (bicyclic) bond motifs is 1. The van der Waals surface area contributed by atoms with Crippen LogP contribution in [0.3, 0.4) is 0 Å². The van der Waals surface area contributed by atoms with Gasteiger partial charge in [0.15, 0.2) is 0 Å². The van der Waals surface area contributed by atoms with E-state index in [9.17, 15) is 9.59 Å². The van der Waals surface area contributed by atoms with Gasteiger partial charge in [-0.3, -0.25) is 14.5 Å². The van der Waals surface area contributed by atoms with E-state index in [4.69, 9.17) is 4.74 Å². The van der Waals surface area contributed by atoms with Crippen molar-refractivity contribution in [3.8, 4) is 11.4 Å². The highest BCUT2D eigenvalue weighted by Crippen LogP contribution is 2.30. The lowest BCUT2D eigenvalue weighted by Crippen LogP contribution is -2.41. The van der Waals surface area contributed by atoms with Crippen molar-refractivity contribution in [2.24, 2.45) is 0 Å². The Hall–Kier alpha value is -3.61. The minimum atomic E-state index is -0.221. The molecule has 1 N–H and O–H groups in total. The summed E-state index contributed by atoms with van der Waals surface area (Å²) in [7, 11) is 0. The van der Waals surface area contributed by atoms with E-state index in [0.29, 0.717) is 18.0 Å². The SMILES string of the molecule is CC(NC(=O)CN1C(=O)CCOc2ccccc21)c1ccc(-n2ccnc2)cc1. The number of aromatic nitrogens is 2. The molecule has 0 saturated carbocycles. The van der Waals surface area contributed by atoms with Crippen LogP contribution in [0.4, 0.5) is 5.69 Å². The molecule has 0 aliphatic carbocycles. The number of rotatable bonds is 5. The molecule has 1 aromatic heterocycles. The Morgan fingerprint density at radius 2 is 2.00 bits per heavy atom. The predicted octanol–water partition coefficient (Wildman–Crippen LogP) is 2.87. The molecule has 148 valence electrons. The monoisotopic (exact) mass is 390 g/mol. The van der Waals surface area contributed by atoms with Crippen LogP contribution in [0.1, 0.15) is 24.9 Å². The lowest BCUT2D eigenvalue weighted by atomic mass is 10.1. The summed E-state index contributed by atoms with van der Waals surface area (Å²) in [6, 6.07) is 15.0. The molecule has 3 aromatic rings.